The van der Waals surface area contributed by atoms with Crippen molar-refractivity contribution >= 4 is 0 Å². The molecule has 2 heteroatoms. The van der Waals surface area contributed by atoms with Gasteiger partial charge in [0.2, 0.25) is 0 Å². The highest BCUT2D eigenvalue weighted by atomic mass is 16.7. The number of fused-ring (bicyclic) bond motifs is 2. The van der Waals surface area contributed by atoms with Crippen LogP contribution in [0.5, 0.6) is 5.75 Å². The van der Waals surface area contributed by atoms with Crippen molar-refractivity contribution in [2.24, 2.45) is 23.2 Å². The second-order valence-electron chi connectivity index (χ2n) is 12.4. The smallest absolute Gasteiger partial charge is 0.188 e. The zero-order valence-corrected chi connectivity index (χ0v) is 20.2. The fraction of sp³-hybridized carbons (Fsp3) is 0.778. The number of ether oxygens (including phenoxy) is 2. The van der Waals surface area contributed by atoms with Gasteiger partial charge in [0, 0.05) is 12.7 Å². The first-order chi connectivity index (χ1) is 13.4. The summed E-state index contributed by atoms with van der Waals surface area (Å²) in [6, 6.07) is 6.99. The topological polar surface area (TPSA) is 18.5 Å². The second-order valence-corrected chi connectivity index (χ2v) is 12.4. The summed E-state index contributed by atoms with van der Waals surface area (Å²) in [5, 5.41) is 0. The molecule has 0 saturated heterocycles. The van der Waals surface area contributed by atoms with E-state index in [9.17, 15) is 0 Å². The average Bonchev–Trinajstić information content (AvgIpc) is 2.56. The van der Waals surface area contributed by atoms with Gasteiger partial charge in [-0.2, -0.15) is 0 Å². The fourth-order valence-electron chi connectivity index (χ4n) is 6.91. The Bertz CT molecular complexity index is 679. The van der Waals surface area contributed by atoms with Crippen molar-refractivity contribution in [2.45, 2.75) is 97.8 Å². The molecular formula is C27H44O2. The monoisotopic (exact) mass is 400 g/mol. The molecular weight excluding hydrogens is 356 g/mol. The van der Waals surface area contributed by atoms with Crippen LogP contribution in [0.25, 0.3) is 0 Å². The quantitative estimate of drug-likeness (QED) is 0.461. The molecule has 2 saturated carbocycles. The van der Waals surface area contributed by atoms with E-state index >= 15 is 0 Å². The Labute approximate surface area is 179 Å². The van der Waals surface area contributed by atoms with Crippen LogP contribution in [0.4, 0.5) is 0 Å². The maximum Gasteiger partial charge on any atom is 0.188 e. The van der Waals surface area contributed by atoms with Gasteiger partial charge in [0.25, 0.3) is 0 Å². The summed E-state index contributed by atoms with van der Waals surface area (Å²) in [4.78, 5) is 0. The van der Waals surface area contributed by atoms with E-state index in [0.29, 0.717) is 12.2 Å². The van der Waals surface area contributed by atoms with Crippen LogP contribution >= 0.6 is 0 Å². The molecule has 164 valence electrons. The SMILES string of the molecule is COCOc1ccc(C(C)(C)CC(C)(C)C)cc1C1(C)CC2CC(C)CC(C2)C1. The lowest BCUT2D eigenvalue weighted by atomic mass is 9.57. The van der Waals surface area contributed by atoms with E-state index in [1.807, 2.05) is 0 Å². The molecule has 3 rings (SSSR count). The van der Waals surface area contributed by atoms with Gasteiger partial charge in [-0.25, -0.2) is 0 Å². The van der Waals surface area contributed by atoms with E-state index in [1.165, 1.54) is 43.2 Å². The van der Waals surface area contributed by atoms with Crippen molar-refractivity contribution in [1.29, 1.82) is 0 Å². The molecule has 0 aliphatic heterocycles. The van der Waals surface area contributed by atoms with Crippen molar-refractivity contribution < 1.29 is 9.47 Å². The first-order valence-corrected chi connectivity index (χ1v) is 11.7. The van der Waals surface area contributed by atoms with Gasteiger partial charge < -0.3 is 9.47 Å². The Balaban J connectivity index is 1.98. The first kappa shape index (κ1) is 22.7. The van der Waals surface area contributed by atoms with E-state index < -0.39 is 0 Å². The molecule has 1 aromatic rings. The standard InChI is InChI=1S/C27H44O2/c1-19-11-20-13-21(12-19)16-27(7,15-20)23-14-22(9-10-24(23)29-18-28-8)26(5,6)17-25(2,3)4/h9-10,14,19-21H,11-13,15-18H2,1-8H3. The molecule has 0 aromatic heterocycles. The van der Waals surface area contributed by atoms with Crippen LogP contribution in [0.1, 0.15) is 98.1 Å². The third kappa shape index (κ3) is 5.37. The molecule has 29 heavy (non-hydrogen) atoms. The summed E-state index contributed by atoms with van der Waals surface area (Å²) in [7, 11) is 1.70. The highest BCUT2D eigenvalue weighted by Crippen LogP contribution is 2.53. The van der Waals surface area contributed by atoms with Crippen molar-refractivity contribution in [2.75, 3.05) is 13.9 Å². The molecule has 2 aliphatic rings. The van der Waals surface area contributed by atoms with E-state index in [1.54, 1.807) is 7.11 Å². The second kappa shape index (κ2) is 8.25. The Kier molecular flexibility index (Phi) is 6.45. The average molecular weight is 401 g/mol. The maximum atomic E-state index is 6.09. The van der Waals surface area contributed by atoms with Gasteiger partial charge in [-0.1, -0.05) is 60.6 Å². The molecule has 0 radical (unpaired) electrons. The first-order valence-electron chi connectivity index (χ1n) is 11.7. The van der Waals surface area contributed by atoms with Crippen LogP contribution in [0.2, 0.25) is 0 Å². The van der Waals surface area contributed by atoms with Crippen LogP contribution in [-0.4, -0.2) is 13.9 Å². The molecule has 2 nitrogen and oxygen atoms in total. The minimum absolute atomic E-state index is 0.141. The van der Waals surface area contributed by atoms with Gasteiger partial charge in [-0.05, 0) is 84.2 Å². The predicted molar refractivity (Wildman–Crippen MR) is 123 cm³/mol. The lowest BCUT2D eigenvalue weighted by Gasteiger charge is -2.48. The van der Waals surface area contributed by atoms with Crippen LogP contribution in [-0.2, 0) is 15.6 Å². The maximum absolute atomic E-state index is 6.09. The number of hydrogen-bond donors (Lipinski definition) is 0. The third-order valence-electron chi connectivity index (χ3n) is 7.33. The Morgan fingerprint density at radius 3 is 2.17 bits per heavy atom. The van der Waals surface area contributed by atoms with E-state index in [-0.39, 0.29) is 10.8 Å². The molecule has 0 spiro atoms. The predicted octanol–water partition coefficient (Wildman–Crippen LogP) is 7.49. The van der Waals surface area contributed by atoms with E-state index in [2.05, 4.69) is 66.7 Å². The lowest BCUT2D eigenvalue weighted by Crippen LogP contribution is -2.39. The van der Waals surface area contributed by atoms with Crippen LogP contribution < -0.4 is 4.74 Å². The normalized spacial score (nSPS) is 30.3. The minimum atomic E-state index is 0.141. The van der Waals surface area contributed by atoms with Crippen molar-refractivity contribution in [3.63, 3.8) is 0 Å². The lowest BCUT2D eigenvalue weighted by molar-refractivity contribution is 0.0461. The van der Waals surface area contributed by atoms with Crippen molar-refractivity contribution in [3.8, 4) is 5.75 Å². The van der Waals surface area contributed by atoms with Crippen LogP contribution in [0.3, 0.4) is 0 Å². The summed E-state index contributed by atoms with van der Waals surface area (Å²) < 4.78 is 11.3. The summed E-state index contributed by atoms with van der Waals surface area (Å²) in [5.74, 6) is 3.65. The third-order valence-corrected chi connectivity index (χ3v) is 7.33. The molecule has 2 unspecified atom stereocenters. The number of benzene rings is 1. The highest BCUT2D eigenvalue weighted by molar-refractivity contribution is 5.45. The van der Waals surface area contributed by atoms with E-state index in [4.69, 9.17) is 9.47 Å². The number of methoxy groups -OCH3 is 1. The summed E-state index contributed by atoms with van der Waals surface area (Å²) in [5.41, 5.74) is 3.50. The molecule has 2 atom stereocenters. The Morgan fingerprint density at radius 2 is 1.62 bits per heavy atom. The van der Waals surface area contributed by atoms with Gasteiger partial charge in [-0.3, -0.25) is 0 Å². The molecule has 2 fully saturated rings. The zero-order valence-electron chi connectivity index (χ0n) is 20.2. The summed E-state index contributed by atoms with van der Waals surface area (Å²) in [6.07, 6.45) is 7.98. The number of hydrogen-bond acceptors (Lipinski definition) is 2. The highest BCUT2D eigenvalue weighted by Gasteiger charge is 2.43. The Morgan fingerprint density at radius 1 is 1.00 bits per heavy atom. The van der Waals surface area contributed by atoms with Gasteiger partial charge in [0.1, 0.15) is 5.75 Å². The number of rotatable bonds is 6. The Hall–Kier alpha value is -1.02. The van der Waals surface area contributed by atoms with Gasteiger partial charge in [0.15, 0.2) is 6.79 Å². The molecule has 0 heterocycles. The molecule has 1 aromatic carbocycles. The molecule has 2 aliphatic carbocycles. The summed E-state index contributed by atoms with van der Waals surface area (Å²) in [6.45, 7) is 17.1. The van der Waals surface area contributed by atoms with Crippen LogP contribution in [0.15, 0.2) is 18.2 Å². The van der Waals surface area contributed by atoms with Crippen molar-refractivity contribution in [1.82, 2.24) is 0 Å². The van der Waals surface area contributed by atoms with E-state index in [0.717, 1.165) is 29.9 Å². The van der Waals surface area contributed by atoms with Gasteiger partial charge in [0.05, 0.1) is 0 Å². The van der Waals surface area contributed by atoms with Gasteiger partial charge >= 0.3 is 0 Å². The fourth-order valence-corrected chi connectivity index (χ4v) is 6.91. The zero-order chi connectivity index (χ0) is 21.4. The van der Waals surface area contributed by atoms with Crippen LogP contribution in [0, 0.1) is 23.2 Å². The molecule has 2 bridgehead atoms. The molecule has 0 N–H and O–H groups in total. The van der Waals surface area contributed by atoms with Crippen molar-refractivity contribution in [3.05, 3.63) is 29.3 Å². The molecule has 0 amide bonds. The largest absolute Gasteiger partial charge is 0.467 e. The van der Waals surface area contributed by atoms with Gasteiger partial charge in [-0.15, -0.1) is 0 Å². The minimum Gasteiger partial charge on any atom is -0.467 e. The summed E-state index contributed by atoms with van der Waals surface area (Å²) >= 11 is 0.